The zero-order valence-electron chi connectivity index (χ0n) is 16.3. The third-order valence-corrected chi connectivity index (χ3v) is 7.94. The maximum Gasteiger partial charge on any atom is 0.262 e. The zero-order valence-corrected chi connectivity index (χ0v) is 17.1. The molecular weight excluding hydrogens is 376 g/mol. The summed E-state index contributed by atoms with van der Waals surface area (Å²) >= 11 is 0. The Hall–Kier alpha value is -2.00. The van der Waals surface area contributed by atoms with E-state index in [1.54, 1.807) is 23.2 Å². The molecule has 4 heterocycles. The molecule has 1 aliphatic carbocycles. The van der Waals surface area contributed by atoms with Gasteiger partial charge in [-0.1, -0.05) is 0 Å². The average Bonchev–Trinajstić information content (AvgIpc) is 3.07. The maximum atomic E-state index is 13.0. The Morgan fingerprint density at radius 2 is 1.75 bits per heavy atom. The second-order valence-corrected chi connectivity index (χ2v) is 10.5. The summed E-state index contributed by atoms with van der Waals surface area (Å²) in [6.45, 7) is 6.82. The molecule has 2 atom stereocenters. The molecule has 3 aliphatic rings. The quantitative estimate of drug-likeness (QED) is 0.759. The number of sulfonamides is 1. The summed E-state index contributed by atoms with van der Waals surface area (Å²) in [5, 5.41) is 0.155. The Labute approximate surface area is 165 Å². The molecule has 2 unspecified atom stereocenters. The number of aromatic nitrogens is 4. The lowest BCUT2D eigenvalue weighted by molar-refractivity contribution is 0.450. The lowest BCUT2D eigenvalue weighted by Gasteiger charge is -2.22. The molecule has 0 spiro atoms. The van der Waals surface area contributed by atoms with Crippen molar-refractivity contribution in [3.8, 4) is 0 Å². The van der Waals surface area contributed by atoms with Gasteiger partial charge in [-0.15, -0.1) is 0 Å². The molecule has 1 saturated carbocycles. The number of imidazole rings is 1. The summed E-state index contributed by atoms with van der Waals surface area (Å²) < 4.78 is 29.4. The average molecular weight is 403 g/mol. The number of rotatable bonds is 5. The summed E-state index contributed by atoms with van der Waals surface area (Å²) in [5.41, 5.74) is 1.15. The molecule has 2 aromatic rings. The third-order valence-electron chi connectivity index (χ3n) is 6.22. The Balaban J connectivity index is 1.28. The van der Waals surface area contributed by atoms with E-state index >= 15 is 0 Å². The minimum atomic E-state index is -3.53. The van der Waals surface area contributed by atoms with Crippen molar-refractivity contribution in [2.24, 2.45) is 11.8 Å². The Kier molecular flexibility index (Phi) is 4.20. The van der Waals surface area contributed by atoms with Gasteiger partial charge in [0.25, 0.3) is 10.0 Å². The standard InChI is InChI=1S/C19H26N6O2S/c1-13(2)24-10-19(22-12-24)28(26,27)25-8-15-6-23(7-16(15)9-25)18-5-17(14-3-4-14)20-11-21-18/h5,10-16H,3-4,6-9H2,1-2H3. The minimum absolute atomic E-state index is 0.155. The summed E-state index contributed by atoms with van der Waals surface area (Å²) in [7, 11) is -3.53. The van der Waals surface area contributed by atoms with Crippen LogP contribution in [-0.4, -0.2) is 58.4 Å². The van der Waals surface area contributed by atoms with Gasteiger partial charge in [0.05, 0.1) is 6.33 Å². The summed E-state index contributed by atoms with van der Waals surface area (Å²) in [6.07, 6.45) is 7.35. The van der Waals surface area contributed by atoms with Gasteiger partial charge in [-0.05, 0) is 38.5 Å². The van der Waals surface area contributed by atoms with Gasteiger partial charge >= 0.3 is 0 Å². The predicted molar refractivity (Wildman–Crippen MR) is 105 cm³/mol. The van der Waals surface area contributed by atoms with Crippen LogP contribution in [0.3, 0.4) is 0 Å². The van der Waals surface area contributed by atoms with Crippen LogP contribution in [0.5, 0.6) is 0 Å². The Bertz CT molecular complexity index is 970. The predicted octanol–water partition coefficient (Wildman–Crippen LogP) is 1.89. The molecule has 150 valence electrons. The van der Waals surface area contributed by atoms with E-state index in [1.807, 2.05) is 18.4 Å². The van der Waals surface area contributed by atoms with Crippen LogP contribution in [-0.2, 0) is 10.0 Å². The molecule has 0 N–H and O–H groups in total. The molecule has 2 aromatic heterocycles. The van der Waals surface area contributed by atoms with Crippen LogP contribution in [0.2, 0.25) is 0 Å². The van der Waals surface area contributed by atoms with Crippen molar-refractivity contribution in [2.45, 2.75) is 43.7 Å². The highest BCUT2D eigenvalue weighted by Crippen LogP contribution is 2.40. The number of anilines is 1. The van der Waals surface area contributed by atoms with E-state index in [1.165, 1.54) is 12.8 Å². The lowest BCUT2D eigenvalue weighted by atomic mass is 10.0. The fraction of sp³-hybridized carbons (Fsp3) is 0.632. The molecule has 5 rings (SSSR count). The summed E-state index contributed by atoms with van der Waals surface area (Å²) in [5.74, 6) is 2.26. The molecular formula is C19H26N6O2S. The first-order valence-electron chi connectivity index (χ1n) is 10.0. The second-order valence-electron chi connectivity index (χ2n) is 8.58. The van der Waals surface area contributed by atoms with Crippen LogP contribution in [0.25, 0.3) is 0 Å². The number of nitrogens with zero attached hydrogens (tertiary/aromatic N) is 6. The highest BCUT2D eigenvalue weighted by atomic mass is 32.2. The third kappa shape index (κ3) is 3.10. The van der Waals surface area contributed by atoms with Gasteiger partial charge in [0.1, 0.15) is 12.1 Å². The van der Waals surface area contributed by atoms with Crippen molar-refractivity contribution in [1.82, 2.24) is 23.8 Å². The van der Waals surface area contributed by atoms with E-state index in [4.69, 9.17) is 0 Å². The van der Waals surface area contributed by atoms with Gasteiger partial charge in [-0.25, -0.2) is 23.4 Å². The molecule has 9 heteroatoms. The topological polar surface area (TPSA) is 84.2 Å². The summed E-state index contributed by atoms with van der Waals surface area (Å²) in [6, 6.07) is 2.31. The van der Waals surface area contributed by atoms with Crippen LogP contribution >= 0.6 is 0 Å². The molecule has 0 amide bonds. The SMILES string of the molecule is CC(C)n1cnc(S(=O)(=O)N2CC3CN(c4cc(C5CC5)ncn4)CC3C2)c1. The molecule has 0 radical (unpaired) electrons. The van der Waals surface area contributed by atoms with Gasteiger partial charge in [0.15, 0.2) is 5.03 Å². The zero-order chi connectivity index (χ0) is 19.5. The van der Waals surface area contributed by atoms with E-state index in [-0.39, 0.29) is 11.1 Å². The molecule has 28 heavy (non-hydrogen) atoms. The van der Waals surface area contributed by atoms with Crippen LogP contribution in [0.15, 0.2) is 29.9 Å². The van der Waals surface area contributed by atoms with Crippen molar-refractivity contribution < 1.29 is 8.42 Å². The van der Waals surface area contributed by atoms with Gasteiger partial charge < -0.3 is 9.47 Å². The highest BCUT2D eigenvalue weighted by Gasteiger charge is 2.45. The van der Waals surface area contributed by atoms with Crippen molar-refractivity contribution >= 4 is 15.8 Å². The first kappa shape index (κ1) is 18.1. The molecule has 3 fully saturated rings. The fourth-order valence-electron chi connectivity index (χ4n) is 4.34. The molecule has 8 nitrogen and oxygen atoms in total. The number of hydrogen-bond donors (Lipinski definition) is 0. The van der Waals surface area contributed by atoms with Crippen molar-refractivity contribution in [2.75, 3.05) is 31.1 Å². The lowest BCUT2D eigenvalue weighted by Crippen LogP contribution is -2.33. The van der Waals surface area contributed by atoms with Gasteiger partial charge in [-0.2, -0.15) is 4.31 Å². The van der Waals surface area contributed by atoms with E-state index in [0.717, 1.165) is 24.6 Å². The van der Waals surface area contributed by atoms with Crippen LogP contribution < -0.4 is 4.90 Å². The van der Waals surface area contributed by atoms with Crippen LogP contribution in [0.4, 0.5) is 5.82 Å². The maximum absolute atomic E-state index is 13.0. The van der Waals surface area contributed by atoms with Crippen molar-refractivity contribution in [3.05, 3.63) is 30.6 Å². The molecule has 2 aliphatic heterocycles. The molecule has 0 bridgehead atoms. The fourth-order valence-corrected chi connectivity index (χ4v) is 5.81. The molecule has 2 saturated heterocycles. The van der Waals surface area contributed by atoms with Crippen LogP contribution in [0, 0.1) is 11.8 Å². The Morgan fingerprint density at radius 3 is 2.36 bits per heavy atom. The van der Waals surface area contributed by atoms with Crippen molar-refractivity contribution in [3.63, 3.8) is 0 Å². The largest absolute Gasteiger partial charge is 0.356 e. The minimum Gasteiger partial charge on any atom is -0.356 e. The Morgan fingerprint density at radius 1 is 1.04 bits per heavy atom. The second kappa shape index (κ2) is 6.52. The first-order valence-corrected chi connectivity index (χ1v) is 11.5. The van der Waals surface area contributed by atoms with E-state index in [0.29, 0.717) is 30.8 Å². The van der Waals surface area contributed by atoms with Gasteiger partial charge in [0.2, 0.25) is 0 Å². The van der Waals surface area contributed by atoms with E-state index in [2.05, 4.69) is 25.9 Å². The summed E-state index contributed by atoms with van der Waals surface area (Å²) in [4.78, 5) is 15.3. The van der Waals surface area contributed by atoms with Crippen molar-refractivity contribution in [1.29, 1.82) is 0 Å². The monoisotopic (exact) mass is 402 g/mol. The van der Waals surface area contributed by atoms with Gasteiger partial charge in [-0.3, -0.25) is 0 Å². The van der Waals surface area contributed by atoms with E-state index in [9.17, 15) is 8.42 Å². The number of hydrogen-bond acceptors (Lipinski definition) is 6. The normalized spacial score (nSPS) is 25.6. The molecule has 0 aromatic carbocycles. The van der Waals surface area contributed by atoms with E-state index < -0.39 is 10.0 Å². The first-order chi connectivity index (χ1) is 13.4. The highest BCUT2D eigenvalue weighted by molar-refractivity contribution is 7.89. The van der Waals surface area contributed by atoms with Gasteiger partial charge in [0, 0.05) is 56.1 Å². The number of fused-ring (bicyclic) bond motifs is 1. The van der Waals surface area contributed by atoms with Crippen LogP contribution in [0.1, 0.15) is 44.3 Å². The smallest absolute Gasteiger partial charge is 0.262 e.